The Morgan fingerprint density at radius 3 is 2.71 bits per heavy atom. The summed E-state index contributed by atoms with van der Waals surface area (Å²) in [6.07, 6.45) is 0. The number of carbonyl (C=O) groups excluding carboxylic acids is 1. The van der Waals surface area contributed by atoms with Gasteiger partial charge in [0.2, 0.25) is 0 Å². The van der Waals surface area contributed by atoms with Crippen LogP contribution in [0.1, 0.15) is 17.9 Å². The molecule has 0 amide bonds. The van der Waals surface area contributed by atoms with Gasteiger partial charge in [0.15, 0.2) is 5.78 Å². The van der Waals surface area contributed by atoms with Crippen LogP contribution in [-0.4, -0.2) is 12.9 Å². The number of Topliss-reactive ketones (excluding diaryl/α,β-unsaturated/α-hetero) is 1. The molecule has 0 aliphatic heterocycles. The smallest absolute Gasteiger partial charge is 0.152 e. The van der Waals surface area contributed by atoms with Gasteiger partial charge in [0.05, 0.1) is 7.11 Å². The van der Waals surface area contributed by atoms with E-state index in [-0.39, 0.29) is 5.78 Å². The summed E-state index contributed by atoms with van der Waals surface area (Å²) in [4.78, 5) is 11.1. The first kappa shape index (κ1) is 11.5. The molecular weight excluding hydrogens is 267 g/mol. The van der Waals surface area contributed by atoms with Crippen molar-refractivity contribution >= 4 is 33.3 Å². The largest absolute Gasteiger partial charge is 0.496 e. The molecule has 0 N–H and O–H groups in total. The van der Waals surface area contributed by atoms with Gasteiger partial charge in [-0.2, -0.15) is 0 Å². The van der Waals surface area contributed by atoms with E-state index in [1.54, 1.807) is 19.2 Å². The van der Waals surface area contributed by atoms with Gasteiger partial charge in [-0.25, -0.2) is 0 Å². The van der Waals surface area contributed by atoms with Crippen LogP contribution in [0.2, 0.25) is 0 Å². The normalized spacial score (nSPS) is 12.3. The summed E-state index contributed by atoms with van der Waals surface area (Å²) in [5.41, 5.74) is 0.691. The van der Waals surface area contributed by atoms with Crippen LogP contribution < -0.4 is 4.74 Å². The molecule has 76 valence electrons. The van der Waals surface area contributed by atoms with Crippen molar-refractivity contribution in [3.63, 3.8) is 0 Å². The summed E-state index contributed by atoms with van der Waals surface area (Å²) in [6.45, 7) is 1.46. The van der Waals surface area contributed by atoms with Crippen molar-refractivity contribution in [2.45, 2.75) is 12.3 Å². The van der Waals surface area contributed by atoms with Gasteiger partial charge in [-0.3, -0.25) is 4.79 Å². The number of ketones is 1. The zero-order valence-electron chi connectivity index (χ0n) is 7.88. The Morgan fingerprint density at radius 2 is 2.21 bits per heavy atom. The molecular formula is C10H10BrClO2. The Morgan fingerprint density at radius 1 is 1.57 bits per heavy atom. The molecule has 0 saturated carbocycles. The molecule has 0 aromatic heterocycles. The molecule has 1 aromatic carbocycles. The fourth-order valence-corrected chi connectivity index (χ4v) is 1.67. The predicted octanol–water partition coefficient (Wildman–Crippen LogP) is 3.33. The number of carbonyl (C=O) groups is 1. The minimum absolute atomic E-state index is 0.0944. The average molecular weight is 278 g/mol. The van der Waals surface area contributed by atoms with E-state index in [0.29, 0.717) is 11.3 Å². The van der Waals surface area contributed by atoms with Crippen LogP contribution in [0, 0.1) is 0 Å². The lowest BCUT2D eigenvalue weighted by Crippen LogP contribution is -2.03. The summed E-state index contributed by atoms with van der Waals surface area (Å²) in [5.74, 6) is 0.534. The van der Waals surface area contributed by atoms with E-state index in [0.717, 1.165) is 4.47 Å². The third kappa shape index (κ3) is 2.49. The Bertz CT molecular complexity index is 352. The number of hydrogen-bond donors (Lipinski definition) is 0. The quantitative estimate of drug-likeness (QED) is 0.792. The number of hydrogen-bond acceptors (Lipinski definition) is 2. The minimum Gasteiger partial charge on any atom is -0.496 e. The van der Waals surface area contributed by atoms with Crippen LogP contribution >= 0.6 is 27.5 Å². The van der Waals surface area contributed by atoms with Gasteiger partial charge >= 0.3 is 0 Å². The molecule has 1 unspecified atom stereocenters. The summed E-state index contributed by atoms with van der Waals surface area (Å²) in [5, 5.41) is -0.651. The lowest BCUT2D eigenvalue weighted by molar-refractivity contribution is -0.116. The molecule has 0 spiro atoms. The van der Waals surface area contributed by atoms with E-state index in [4.69, 9.17) is 16.3 Å². The van der Waals surface area contributed by atoms with Crippen LogP contribution in [0.25, 0.3) is 0 Å². The van der Waals surface area contributed by atoms with Crippen molar-refractivity contribution in [2.24, 2.45) is 0 Å². The zero-order valence-corrected chi connectivity index (χ0v) is 10.2. The van der Waals surface area contributed by atoms with Crippen molar-refractivity contribution in [1.82, 2.24) is 0 Å². The highest BCUT2D eigenvalue weighted by Gasteiger charge is 2.17. The van der Waals surface area contributed by atoms with E-state index in [1.807, 2.05) is 6.07 Å². The average Bonchev–Trinajstić information content (AvgIpc) is 2.16. The van der Waals surface area contributed by atoms with Crippen LogP contribution in [-0.2, 0) is 4.79 Å². The lowest BCUT2D eigenvalue weighted by Gasteiger charge is -2.11. The minimum atomic E-state index is -0.651. The van der Waals surface area contributed by atoms with E-state index in [9.17, 15) is 4.79 Å². The van der Waals surface area contributed by atoms with Gasteiger partial charge < -0.3 is 4.74 Å². The summed E-state index contributed by atoms with van der Waals surface area (Å²) in [7, 11) is 1.55. The number of benzene rings is 1. The van der Waals surface area contributed by atoms with Crippen molar-refractivity contribution < 1.29 is 9.53 Å². The van der Waals surface area contributed by atoms with Gasteiger partial charge in [0.1, 0.15) is 11.1 Å². The molecule has 0 saturated heterocycles. The molecule has 0 bridgehead atoms. The second-order valence-corrected chi connectivity index (χ2v) is 4.21. The number of methoxy groups -OCH3 is 1. The molecule has 0 heterocycles. The van der Waals surface area contributed by atoms with Gasteiger partial charge in [-0.1, -0.05) is 15.9 Å². The van der Waals surface area contributed by atoms with Crippen molar-refractivity contribution in [3.8, 4) is 5.75 Å². The fraction of sp³-hybridized carbons (Fsp3) is 0.300. The predicted molar refractivity (Wildman–Crippen MR) is 60.0 cm³/mol. The van der Waals surface area contributed by atoms with Crippen molar-refractivity contribution in [1.29, 1.82) is 0 Å². The second-order valence-electron chi connectivity index (χ2n) is 2.86. The van der Waals surface area contributed by atoms with E-state index >= 15 is 0 Å². The molecule has 4 heteroatoms. The molecule has 0 radical (unpaired) electrons. The standard InChI is InChI=1S/C10H10BrClO2/c1-6(13)10(12)8-5-7(11)3-4-9(8)14-2/h3-5,10H,1-2H3. The lowest BCUT2D eigenvalue weighted by atomic mass is 10.1. The SMILES string of the molecule is COc1ccc(Br)cc1C(Cl)C(C)=O. The monoisotopic (exact) mass is 276 g/mol. The number of ether oxygens (including phenoxy) is 1. The summed E-state index contributed by atoms with van der Waals surface area (Å²) in [6, 6.07) is 5.40. The zero-order chi connectivity index (χ0) is 10.7. The third-order valence-corrected chi connectivity index (χ3v) is 2.86. The maximum atomic E-state index is 11.1. The Kier molecular flexibility index (Phi) is 3.96. The molecule has 1 aromatic rings. The van der Waals surface area contributed by atoms with E-state index in [2.05, 4.69) is 15.9 Å². The summed E-state index contributed by atoms with van der Waals surface area (Å²) >= 11 is 9.26. The van der Waals surface area contributed by atoms with Crippen LogP contribution in [0.4, 0.5) is 0 Å². The third-order valence-electron chi connectivity index (χ3n) is 1.82. The second kappa shape index (κ2) is 4.80. The number of halogens is 2. The highest BCUT2D eigenvalue weighted by Crippen LogP contribution is 2.32. The summed E-state index contributed by atoms with van der Waals surface area (Å²) < 4.78 is 5.99. The Hall–Kier alpha value is -0.540. The topological polar surface area (TPSA) is 26.3 Å². The molecule has 1 atom stereocenters. The highest BCUT2D eigenvalue weighted by atomic mass is 79.9. The molecule has 2 nitrogen and oxygen atoms in total. The van der Waals surface area contributed by atoms with Gasteiger partial charge in [0.25, 0.3) is 0 Å². The highest BCUT2D eigenvalue weighted by molar-refractivity contribution is 9.10. The van der Waals surface area contributed by atoms with Crippen LogP contribution in [0.5, 0.6) is 5.75 Å². The molecule has 0 aliphatic carbocycles. The van der Waals surface area contributed by atoms with E-state index in [1.165, 1.54) is 6.92 Å². The van der Waals surface area contributed by atoms with E-state index < -0.39 is 5.38 Å². The number of alkyl halides is 1. The van der Waals surface area contributed by atoms with Crippen molar-refractivity contribution in [2.75, 3.05) is 7.11 Å². The Balaban J connectivity index is 3.16. The first-order valence-electron chi connectivity index (χ1n) is 4.04. The maximum Gasteiger partial charge on any atom is 0.152 e. The first-order valence-corrected chi connectivity index (χ1v) is 5.27. The van der Waals surface area contributed by atoms with Gasteiger partial charge in [-0.15, -0.1) is 11.6 Å². The fourth-order valence-electron chi connectivity index (χ4n) is 1.12. The molecule has 0 aliphatic rings. The van der Waals surface area contributed by atoms with Crippen LogP contribution in [0.3, 0.4) is 0 Å². The van der Waals surface area contributed by atoms with Gasteiger partial charge in [-0.05, 0) is 25.1 Å². The first-order chi connectivity index (χ1) is 6.56. The number of rotatable bonds is 3. The van der Waals surface area contributed by atoms with Gasteiger partial charge in [0, 0.05) is 10.0 Å². The molecule has 14 heavy (non-hydrogen) atoms. The molecule has 0 fully saturated rings. The van der Waals surface area contributed by atoms with Crippen LogP contribution in [0.15, 0.2) is 22.7 Å². The maximum absolute atomic E-state index is 11.1. The molecule has 1 rings (SSSR count). The van der Waals surface area contributed by atoms with Crippen molar-refractivity contribution in [3.05, 3.63) is 28.2 Å². The Labute approximate surface area is 96.3 Å².